The molecule has 2 atom stereocenters. The number of furan rings is 1. The Morgan fingerprint density at radius 1 is 0.537 bits per heavy atom. The molecule has 0 bridgehead atoms. The number of nitrogens with zero attached hydrogens (tertiary/aromatic N) is 2. The van der Waals surface area contributed by atoms with Crippen molar-refractivity contribution in [2.45, 2.75) is 136 Å². The second-order valence-corrected chi connectivity index (χ2v) is 24.2. The largest absolute Gasteiger partial charge is 0.454 e. The Morgan fingerprint density at radius 2 is 1.13 bits per heavy atom. The van der Waals surface area contributed by atoms with Crippen LogP contribution in [0.4, 0.5) is 28.4 Å². The van der Waals surface area contributed by atoms with Gasteiger partial charge < -0.3 is 14.2 Å². The number of aryl methyl sites for hydroxylation is 1. The predicted octanol–water partition coefficient (Wildman–Crippen LogP) is 15.5. The van der Waals surface area contributed by atoms with E-state index in [9.17, 15) is 0 Å². The van der Waals surface area contributed by atoms with E-state index in [0.717, 1.165) is 28.7 Å². The van der Waals surface area contributed by atoms with E-state index in [0.29, 0.717) is 0 Å². The number of benzene rings is 7. The van der Waals surface area contributed by atoms with Crippen molar-refractivity contribution < 1.29 is 4.42 Å². The summed E-state index contributed by atoms with van der Waals surface area (Å²) < 4.78 is 7.41. The fourth-order valence-electron chi connectivity index (χ4n) is 12.9. The predicted molar refractivity (Wildman–Crippen MR) is 288 cm³/mol. The topological polar surface area (TPSA) is 19.6 Å². The van der Waals surface area contributed by atoms with E-state index in [1.165, 1.54) is 108 Å². The monoisotopic (exact) mass is 877 g/mol. The summed E-state index contributed by atoms with van der Waals surface area (Å²) in [5.41, 5.74) is 23.9. The van der Waals surface area contributed by atoms with Gasteiger partial charge in [0.25, 0.3) is 6.71 Å². The minimum absolute atomic E-state index is 0.000428. The Kier molecular flexibility index (Phi) is 8.87. The van der Waals surface area contributed by atoms with Crippen LogP contribution in [0.1, 0.15) is 130 Å². The van der Waals surface area contributed by atoms with Crippen LogP contribution in [0.3, 0.4) is 0 Å². The van der Waals surface area contributed by atoms with Gasteiger partial charge in [0.2, 0.25) is 0 Å². The van der Waals surface area contributed by atoms with Crippen molar-refractivity contribution in [2.75, 3.05) is 9.80 Å². The average Bonchev–Trinajstić information content (AvgIpc) is 3.77. The first-order valence-electron chi connectivity index (χ1n) is 25.0. The zero-order valence-electron chi connectivity index (χ0n) is 41.8. The molecule has 12 rings (SSSR count). The molecule has 3 nitrogen and oxygen atoms in total. The van der Waals surface area contributed by atoms with Gasteiger partial charge in [-0.05, 0) is 135 Å². The standard InChI is InChI=1S/C63H65BN2O/c1-38-31-51-54-52(32-38)66-56-48(62(11)29-19-20-30-63(62,66)12)36-43(61(8,9)10)37-50(56)64(54)49-27-26-44-47-33-41(59(2,3)4)25-28-53(47)67-58(44)57(49)65(51)55-45(39-21-15-13-16-22-39)34-42(60(5,6)7)35-46(55)40-23-17-14-18-24-40/h13-18,21-28,31-37H,19-20,29-30H2,1-12H3. The van der Waals surface area contributed by atoms with Crippen LogP contribution in [0.15, 0.2) is 132 Å². The van der Waals surface area contributed by atoms with Crippen molar-refractivity contribution in [3.05, 3.63) is 155 Å². The van der Waals surface area contributed by atoms with Gasteiger partial charge in [-0.15, -0.1) is 0 Å². The molecule has 4 aliphatic rings. The zero-order valence-corrected chi connectivity index (χ0v) is 41.8. The third-order valence-corrected chi connectivity index (χ3v) is 16.9. The molecule has 67 heavy (non-hydrogen) atoms. The highest BCUT2D eigenvalue weighted by atomic mass is 16.3. The average molecular weight is 877 g/mol. The third kappa shape index (κ3) is 5.96. The summed E-state index contributed by atoms with van der Waals surface area (Å²) in [6.07, 6.45) is 4.86. The van der Waals surface area contributed by atoms with Gasteiger partial charge in [0.1, 0.15) is 5.58 Å². The van der Waals surface area contributed by atoms with Crippen LogP contribution in [0.5, 0.6) is 0 Å². The molecule has 0 N–H and O–H groups in total. The molecule has 2 unspecified atom stereocenters. The lowest BCUT2D eigenvalue weighted by Gasteiger charge is -2.53. The van der Waals surface area contributed by atoms with Gasteiger partial charge in [-0.2, -0.15) is 0 Å². The molecule has 3 aliphatic heterocycles. The lowest BCUT2D eigenvalue weighted by atomic mass is 9.33. The quantitative estimate of drug-likeness (QED) is 0.165. The van der Waals surface area contributed by atoms with E-state index < -0.39 is 0 Å². The molecule has 4 heterocycles. The van der Waals surface area contributed by atoms with Gasteiger partial charge >= 0.3 is 0 Å². The molecular formula is C63H65BN2O. The molecule has 1 saturated carbocycles. The molecule has 4 heteroatoms. The van der Waals surface area contributed by atoms with Crippen molar-refractivity contribution in [2.24, 2.45) is 0 Å². The molecule has 8 aromatic rings. The number of anilines is 5. The van der Waals surface area contributed by atoms with E-state index in [4.69, 9.17) is 4.42 Å². The molecule has 0 saturated heterocycles. The molecule has 7 aromatic carbocycles. The van der Waals surface area contributed by atoms with Gasteiger partial charge in [-0.25, -0.2) is 0 Å². The van der Waals surface area contributed by atoms with Gasteiger partial charge in [-0.3, -0.25) is 0 Å². The Labute approximate surface area is 399 Å². The molecule has 336 valence electrons. The third-order valence-electron chi connectivity index (χ3n) is 16.9. The van der Waals surface area contributed by atoms with Crippen LogP contribution in [-0.4, -0.2) is 12.3 Å². The Morgan fingerprint density at radius 3 is 1.76 bits per heavy atom. The minimum atomic E-state index is -0.0974. The maximum Gasteiger partial charge on any atom is 0.252 e. The molecular weight excluding hydrogens is 812 g/mol. The molecule has 0 spiro atoms. The first kappa shape index (κ1) is 42.4. The van der Waals surface area contributed by atoms with Gasteiger partial charge in [0.05, 0.1) is 16.9 Å². The smallest absolute Gasteiger partial charge is 0.252 e. The molecule has 0 radical (unpaired) electrons. The van der Waals surface area contributed by atoms with Gasteiger partial charge in [0, 0.05) is 44.4 Å². The second kappa shape index (κ2) is 14.0. The Hall–Kier alpha value is -6.00. The highest BCUT2D eigenvalue weighted by Crippen LogP contribution is 2.63. The van der Waals surface area contributed by atoms with Crippen LogP contribution in [0, 0.1) is 6.92 Å². The maximum absolute atomic E-state index is 7.41. The summed E-state index contributed by atoms with van der Waals surface area (Å²) in [5.74, 6) is 0. The van der Waals surface area contributed by atoms with Crippen LogP contribution in [-0.2, 0) is 21.7 Å². The molecule has 0 amide bonds. The highest BCUT2D eigenvalue weighted by Gasteiger charge is 2.62. The summed E-state index contributed by atoms with van der Waals surface area (Å²) in [5, 5.41) is 2.33. The number of hydrogen-bond acceptors (Lipinski definition) is 3. The van der Waals surface area contributed by atoms with E-state index in [1.807, 2.05) is 0 Å². The van der Waals surface area contributed by atoms with Crippen LogP contribution in [0.2, 0.25) is 0 Å². The molecule has 1 fully saturated rings. The SMILES string of the molecule is Cc1cc2c3c(c1)N1c4c(cc(C(C)(C)C)cc4C4(C)CCCCC14C)B3c1ccc3c(oc4ccc(C(C)(C)C)cc43)c1N2c1c(-c2ccccc2)cc(C(C)(C)C)cc1-c1ccccc1. The first-order chi connectivity index (χ1) is 31.8. The van der Waals surface area contributed by atoms with Gasteiger partial charge in [0.15, 0.2) is 5.58 Å². The molecule has 1 aromatic heterocycles. The summed E-state index contributed by atoms with van der Waals surface area (Å²) in [7, 11) is 0. The van der Waals surface area contributed by atoms with Crippen molar-refractivity contribution in [1.82, 2.24) is 0 Å². The zero-order chi connectivity index (χ0) is 46.7. The number of hydrogen-bond donors (Lipinski definition) is 0. The molecule has 1 aliphatic carbocycles. The van der Waals surface area contributed by atoms with Crippen molar-refractivity contribution in [3.63, 3.8) is 0 Å². The lowest BCUT2D eigenvalue weighted by Crippen LogP contribution is -2.64. The van der Waals surface area contributed by atoms with Crippen LogP contribution in [0.25, 0.3) is 44.2 Å². The van der Waals surface area contributed by atoms with Crippen LogP contribution >= 0.6 is 0 Å². The Bertz CT molecular complexity index is 3300. The minimum Gasteiger partial charge on any atom is -0.454 e. The van der Waals surface area contributed by atoms with Crippen LogP contribution < -0.4 is 26.2 Å². The second-order valence-electron chi connectivity index (χ2n) is 24.2. The number of fused-ring (bicyclic) bond motifs is 11. The van der Waals surface area contributed by atoms with Crippen molar-refractivity contribution in [1.29, 1.82) is 0 Å². The lowest BCUT2D eigenvalue weighted by molar-refractivity contribution is 0.195. The Balaban J connectivity index is 1.29. The first-order valence-corrected chi connectivity index (χ1v) is 25.0. The van der Waals surface area contributed by atoms with E-state index in [1.54, 1.807) is 5.56 Å². The fourth-order valence-corrected chi connectivity index (χ4v) is 12.9. The van der Waals surface area contributed by atoms with E-state index >= 15 is 0 Å². The van der Waals surface area contributed by atoms with Gasteiger partial charge in [-0.1, -0.05) is 173 Å². The summed E-state index contributed by atoms with van der Waals surface area (Å²) in [4.78, 5) is 5.56. The summed E-state index contributed by atoms with van der Waals surface area (Å²) >= 11 is 0. The van der Waals surface area contributed by atoms with Crippen molar-refractivity contribution in [3.8, 4) is 22.3 Å². The summed E-state index contributed by atoms with van der Waals surface area (Å²) in [6, 6.07) is 49.3. The highest BCUT2D eigenvalue weighted by molar-refractivity contribution is 7.00. The maximum atomic E-state index is 7.41. The summed E-state index contributed by atoms with van der Waals surface area (Å²) in [6.45, 7) is 28.7. The van der Waals surface area contributed by atoms with E-state index in [-0.39, 0.29) is 33.9 Å². The fraction of sp³-hybridized carbons (Fsp3) is 0.333. The van der Waals surface area contributed by atoms with E-state index in [2.05, 4.69) is 220 Å². The van der Waals surface area contributed by atoms with Crippen molar-refractivity contribution >= 4 is 73.5 Å². The number of rotatable bonds is 3. The normalized spacial score (nSPS) is 19.7.